The summed E-state index contributed by atoms with van der Waals surface area (Å²) in [5, 5.41) is 1.73. The Balaban J connectivity index is 0.00000120. The summed E-state index contributed by atoms with van der Waals surface area (Å²) in [6.07, 6.45) is 4.08. The van der Waals surface area contributed by atoms with Crippen molar-refractivity contribution in [3.63, 3.8) is 0 Å². The van der Waals surface area contributed by atoms with Crippen LogP contribution in [0.1, 0.15) is 5.56 Å². The molecule has 0 radical (unpaired) electrons. The Morgan fingerprint density at radius 1 is 1.00 bits per heavy atom. The van der Waals surface area contributed by atoms with Crippen LogP contribution in [0.2, 0.25) is 0 Å². The lowest BCUT2D eigenvalue weighted by Crippen LogP contribution is -2.22. The Morgan fingerprint density at radius 2 is 1.72 bits per heavy atom. The standard InChI is InChI=1S/C14H10N2O.ClH/c17-14-12(9-10-5-7-15-8-6-10)11-3-1-2-4-13(11)16-14;/h1-8H,9H2;1H. The fourth-order valence-electron chi connectivity index (χ4n) is 1.99. The predicted octanol–water partition coefficient (Wildman–Crippen LogP) is 1.06. The Hall–Kier alpha value is -2.00. The van der Waals surface area contributed by atoms with Crippen molar-refractivity contribution in [2.24, 2.45) is 4.99 Å². The van der Waals surface area contributed by atoms with E-state index in [-0.39, 0.29) is 18.3 Å². The lowest BCUT2D eigenvalue weighted by atomic mass is 10.0. The minimum absolute atomic E-state index is 0. The first kappa shape index (κ1) is 12.5. The maximum absolute atomic E-state index is 11.8. The second kappa shape index (κ2) is 5.10. The van der Waals surface area contributed by atoms with Gasteiger partial charge < -0.3 is 0 Å². The maximum Gasteiger partial charge on any atom is 0.274 e. The number of benzene rings is 1. The summed E-state index contributed by atoms with van der Waals surface area (Å²) in [6, 6.07) is 11.5. The third-order valence-corrected chi connectivity index (χ3v) is 2.84. The predicted molar refractivity (Wildman–Crippen MR) is 70.8 cm³/mol. The number of rotatable bonds is 2. The van der Waals surface area contributed by atoms with Crippen LogP contribution in [0, 0.1) is 0 Å². The van der Waals surface area contributed by atoms with E-state index in [1.165, 1.54) is 0 Å². The summed E-state index contributed by atoms with van der Waals surface area (Å²) < 4.78 is 0. The Labute approximate surface area is 110 Å². The highest BCUT2D eigenvalue weighted by molar-refractivity contribution is 6.15. The van der Waals surface area contributed by atoms with Gasteiger partial charge in [-0.25, -0.2) is 4.99 Å². The minimum atomic E-state index is -0.122. The van der Waals surface area contributed by atoms with E-state index < -0.39 is 0 Å². The zero-order valence-corrected chi connectivity index (χ0v) is 10.4. The number of aromatic nitrogens is 1. The van der Waals surface area contributed by atoms with Crippen LogP contribution in [0.15, 0.2) is 53.8 Å². The molecule has 0 saturated carbocycles. The van der Waals surface area contributed by atoms with Gasteiger partial charge in [0.15, 0.2) is 0 Å². The van der Waals surface area contributed by atoms with Crippen LogP contribution in [-0.4, -0.2) is 10.9 Å². The molecule has 0 unspecified atom stereocenters. The van der Waals surface area contributed by atoms with E-state index in [0.717, 1.165) is 21.7 Å². The Kier molecular flexibility index (Phi) is 3.53. The van der Waals surface area contributed by atoms with Gasteiger partial charge in [-0.05, 0) is 23.8 Å². The van der Waals surface area contributed by atoms with Gasteiger partial charge in [0.25, 0.3) is 5.91 Å². The average molecular weight is 259 g/mol. The smallest absolute Gasteiger partial charge is 0.267 e. The normalized spacial score (nSPS) is 12.7. The molecule has 3 rings (SSSR count). The van der Waals surface area contributed by atoms with Crippen LogP contribution < -0.4 is 10.6 Å². The molecule has 2 aromatic rings. The molecule has 0 aliphatic carbocycles. The lowest BCUT2D eigenvalue weighted by Gasteiger charge is -1.99. The number of amides is 1. The lowest BCUT2D eigenvalue weighted by molar-refractivity contribution is -0.112. The molecule has 1 aromatic heterocycles. The first-order valence-electron chi connectivity index (χ1n) is 5.45. The van der Waals surface area contributed by atoms with Crippen molar-refractivity contribution >= 4 is 23.9 Å². The molecule has 0 saturated heterocycles. The van der Waals surface area contributed by atoms with E-state index >= 15 is 0 Å². The van der Waals surface area contributed by atoms with Gasteiger partial charge in [0.2, 0.25) is 0 Å². The van der Waals surface area contributed by atoms with E-state index in [9.17, 15) is 4.79 Å². The molecule has 90 valence electrons. The highest BCUT2D eigenvalue weighted by atomic mass is 35.5. The zero-order valence-electron chi connectivity index (χ0n) is 9.54. The molecule has 0 spiro atoms. The number of fused-ring (bicyclic) bond motifs is 1. The minimum Gasteiger partial charge on any atom is -0.267 e. The van der Waals surface area contributed by atoms with Crippen LogP contribution in [0.4, 0.5) is 0 Å². The van der Waals surface area contributed by atoms with E-state index in [1.807, 2.05) is 36.4 Å². The molecule has 0 N–H and O–H groups in total. The second-order valence-electron chi connectivity index (χ2n) is 3.94. The van der Waals surface area contributed by atoms with Crippen LogP contribution in [0.25, 0.3) is 5.57 Å². The van der Waals surface area contributed by atoms with Gasteiger partial charge in [0.1, 0.15) is 0 Å². The number of pyridine rings is 1. The third kappa shape index (κ3) is 2.17. The average Bonchev–Trinajstić information content (AvgIpc) is 2.68. The van der Waals surface area contributed by atoms with Crippen molar-refractivity contribution < 1.29 is 4.79 Å². The van der Waals surface area contributed by atoms with Crippen molar-refractivity contribution in [1.82, 2.24) is 4.98 Å². The first-order chi connectivity index (χ1) is 8.34. The highest BCUT2D eigenvalue weighted by Crippen LogP contribution is 2.09. The fourth-order valence-corrected chi connectivity index (χ4v) is 1.99. The molecule has 0 bridgehead atoms. The van der Waals surface area contributed by atoms with E-state index in [4.69, 9.17) is 0 Å². The number of hydrogen-bond donors (Lipinski definition) is 0. The second-order valence-corrected chi connectivity index (χ2v) is 3.94. The van der Waals surface area contributed by atoms with E-state index in [1.54, 1.807) is 12.4 Å². The summed E-state index contributed by atoms with van der Waals surface area (Å²) in [6.45, 7) is 0. The summed E-state index contributed by atoms with van der Waals surface area (Å²) >= 11 is 0. The number of carbonyl (C=O) groups excluding carboxylic acids is 1. The van der Waals surface area contributed by atoms with Crippen molar-refractivity contribution in [1.29, 1.82) is 0 Å². The molecular weight excluding hydrogens is 248 g/mol. The molecule has 1 aliphatic heterocycles. The highest BCUT2D eigenvalue weighted by Gasteiger charge is 2.15. The summed E-state index contributed by atoms with van der Waals surface area (Å²) in [5.74, 6) is -0.122. The van der Waals surface area contributed by atoms with Gasteiger partial charge >= 0.3 is 0 Å². The van der Waals surface area contributed by atoms with Gasteiger partial charge in [-0.1, -0.05) is 18.2 Å². The van der Waals surface area contributed by atoms with Crippen molar-refractivity contribution in [2.45, 2.75) is 6.42 Å². The van der Waals surface area contributed by atoms with Gasteiger partial charge in [-0.15, -0.1) is 12.4 Å². The van der Waals surface area contributed by atoms with Crippen molar-refractivity contribution in [2.75, 3.05) is 0 Å². The topological polar surface area (TPSA) is 42.3 Å². The van der Waals surface area contributed by atoms with Gasteiger partial charge in [0.05, 0.1) is 5.36 Å². The third-order valence-electron chi connectivity index (χ3n) is 2.84. The Bertz CT molecular complexity index is 695. The SMILES string of the molecule is Cl.O=C1N=c2ccccc2=C1Cc1ccncc1. The van der Waals surface area contributed by atoms with Crippen molar-refractivity contribution in [3.8, 4) is 0 Å². The molecule has 18 heavy (non-hydrogen) atoms. The molecule has 0 fully saturated rings. The van der Waals surface area contributed by atoms with Gasteiger partial charge in [-0.2, -0.15) is 0 Å². The zero-order chi connectivity index (χ0) is 11.7. The van der Waals surface area contributed by atoms with Gasteiger partial charge in [0, 0.05) is 29.6 Å². The molecule has 3 nitrogen and oxygen atoms in total. The molecule has 1 aliphatic rings. The van der Waals surface area contributed by atoms with E-state index in [2.05, 4.69) is 9.98 Å². The molecule has 1 amide bonds. The van der Waals surface area contributed by atoms with Crippen LogP contribution in [0.3, 0.4) is 0 Å². The molecule has 2 heterocycles. The van der Waals surface area contributed by atoms with Crippen LogP contribution in [-0.2, 0) is 11.2 Å². The molecule has 0 atom stereocenters. The summed E-state index contributed by atoms with van der Waals surface area (Å²) in [7, 11) is 0. The molecular formula is C14H11ClN2O. The number of nitrogens with zero attached hydrogens (tertiary/aromatic N) is 2. The summed E-state index contributed by atoms with van der Waals surface area (Å²) in [5.41, 5.74) is 1.85. The molecule has 4 heteroatoms. The molecule has 1 aromatic carbocycles. The first-order valence-corrected chi connectivity index (χ1v) is 5.45. The number of halogens is 1. The van der Waals surface area contributed by atoms with Crippen LogP contribution >= 0.6 is 12.4 Å². The summed E-state index contributed by atoms with van der Waals surface area (Å²) in [4.78, 5) is 19.8. The van der Waals surface area contributed by atoms with Gasteiger partial charge in [-0.3, -0.25) is 9.78 Å². The number of para-hydroxylation sites is 1. The quantitative estimate of drug-likeness (QED) is 0.808. The number of hydrogen-bond acceptors (Lipinski definition) is 2. The largest absolute Gasteiger partial charge is 0.274 e. The number of carbonyl (C=O) groups is 1. The Morgan fingerprint density at radius 3 is 2.50 bits per heavy atom. The van der Waals surface area contributed by atoms with Crippen LogP contribution in [0.5, 0.6) is 0 Å². The maximum atomic E-state index is 11.8. The monoisotopic (exact) mass is 258 g/mol. The van der Waals surface area contributed by atoms with Crippen molar-refractivity contribution in [3.05, 3.63) is 64.9 Å². The van der Waals surface area contributed by atoms with E-state index in [0.29, 0.717) is 6.42 Å². The fraction of sp³-hybridized carbons (Fsp3) is 0.0714.